The van der Waals surface area contributed by atoms with Crippen molar-refractivity contribution in [1.82, 2.24) is 0 Å². The molecule has 0 rings (SSSR count). The molecule has 8 heavy (non-hydrogen) atoms. The van der Waals surface area contributed by atoms with E-state index in [0.29, 0.717) is 12.9 Å². The summed E-state index contributed by atoms with van der Waals surface area (Å²) < 4.78 is 4.61. The summed E-state index contributed by atoms with van der Waals surface area (Å²) in [6, 6.07) is 0. The van der Waals surface area contributed by atoms with Crippen molar-refractivity contribution in [3.63, 3.8) is 0 Å². The van der Waals surface area contributed by atoms with Gasteiger partial charge >= 0.3 is 0 Å². The third-order valence-corrected chi connectivity index (χ3v) is 0.725. The number of methoxy groups -OCH3 is 1. The first kappa shape index (κ1) is 7.19. The first-order valence-electron chi connectivity index (χ1n) is 2.25. The standard InChI is InChI=1S/C6H8O2/c1-3-6(4-7)5-8-2/h1,4,6H,5H2,2H3. The van der Waals surface area contributed by atoms with Crippen molar-refractivity contribution in [2.75, 3.05) is 13.7 Å². The smallest absolute Gasteiger partial charge is 0.137 e. The zero-order valence-corrected chi connectivity index (χ0v) is 4.76. The number of aldehydes is 1. The lowest BCUT2D eigenvalue weighted by Gasteiger charge is -1.96. The Morgan fingerprint density at radius 3 is 2.75 bits per heavy atom. The van der Waals surface area contributed by atoms with Gasteiger partial charge in [-0.3, -0.25) is 0 Å². The van der Waals surface area contributed by atoms with Crippen LogP contribution in [0.15, 0.2) is 0 Å². The van der Waals surface area contributed by atoms with Crippen LogP contribution in [0.4, 0.5) is 0 Å². The Labute approximate surface area is 48.8 Å². The minimum atomic E-state index is -0.375. The van der Waals surface area contributed by atoms with Gasteiger partial charge in [-0.15, -0.1) is 6.42 Å². The molecule has 1 unspecified atom stereocenters. The fourth-order valence-corrected chi connectivity index (χ4v) is 0.306. The molecule has 0 aromatic carbocycles. The lowest BCUT2D eigenvalue weighted by Crippen LogP contribution is -2.05. The zero-order chi connectivity index (χ0) is 6.41. The summed E-state index contributed by atoms with van der Waals surface area (Å²) in [4.78, 5) is 9.90. The molecule has 1 atom stereocenters. The van der Waals surface area contributed by atoms with Gasteiger partial charge in [0.1, 0.15) is 6.29 Å². The molecule has 0 radical (unpaired) electrons. The van der Waals surface area contributed by atoms with E-state index in [4.69, 9.17) is 6.42 Å². The third-order valence-electron chi connectivity index (χ3n) is 0.725. The van der Waals surface area contributed by atoms with Crippen LogP contribution in [-0.2, 0) is 9.53 Å². The molecule has 2 nitrogen and oxygen atoms in total. The van der Waals surface area contributed by atoms with E-state index in [2.05, 4.69) is 10.7 Å². The Morgan fingerprint density at radius 2 is 2.62 bits per heavy atom. The molecule has 0 fully saturated rings. The number of ether oxygens (including phenoxy) is 1. The van der Waals surface area contributed by atoms with Gasteiger partial charge in [0.25, 0.3) is 0 Å². The van der Waals surface area contributed by atoms with Gasteiger partial charge in [-0.2, -0.15) is 0 Å². The SMILES string of the molecule is C#CC(C=O)COC. The summed E-state index contributed by atoms with van der Waals surface area (Å²) >= 11 is 0. The second-order valence-corrected chi connectivity index (χ2v) is 1.36. The molecule has 0 aliphatic carbocycles. The molecule has 0 heterocycles. The average Bonchev–Trinajstić information content (AvgIpc) is 1.83. The molecule has 0 saturated heterocycles. The highest BCUT2D eigenvalue weighted by molar-refractivity contribution is 5.58. The number of carbonyl (C=O) groups excluding carboxylic acids is 1. The zero-order valence-electron chi connectivity index (χ0n) is 4.76. The van der Waals surface area contributed by atoms with Crippen molar-refractivity contribution in [1.29, 1.82) is 0 Å². The lowest BCUT2D eigenvalue weighted by atomic mass is 10.2. The van der Waals surface area contributed by atoms with Crippen LogP contribution < -0.4 is 0 Å². The van der Waals surface area contributed by atoms with E-state index >= 15 is 0 Å². The summed E-state index contributed by atoms with van der Waals surface area (Å²) in [5.74, 6) is 1.88. The predicted molar refractivity (Wildman–Crippen MR) is 30.3 cm³/mol. The average molecular weight is 112 g/mol. The van der Waals surface area contributed by atoms with Crippen molar-refractivity contribution in [2.45, 2.75) is 0 Å². The molecule has 0 N–H and O–H groups in total. The van der Waals surface area contributed by atoms with Crippen LogP contribution in [0.1, 0.15) is 0 Å². The summed E-state index contributed by atoms with van der Waals surface area (Å²) in [6.45, 7) is 0.319. The fourth-order valence-electron chi connectivity index (χ4n) is 0.306. The van der Waals surface area contributed by atoms with Crippen LogP contribution in [0.25, 0.3) is 0 Å². The Morgan fingerprint density at radius 1 is 2.00 bits per heavy atom. The van der Waals surface area contributed by atoms with Gasteiger partial charge in [-0.05, 0) is 0 Å². The molecule has 0 aromatic rings. The number of hydrogen-bond donors (Lipinski definition) is 0. The summed E-state index contributed by atoms with van der Waals surface area (Å²) in [6.07, 6.45) is 5.61. The van der Waals surface area contributed by atoms with Crippen molar-refractivity contribution in [2.24, 2.45) is 5.92 Å². The minimum Gasteiger partial charge on any atom is -0.383 e. The van der Waals surface area contributed by atoms with E-state index in [1.54, 1.807) is 0 Å². The largest absolute Gasteiger partial charge is 0.383 e. The van der Waals surface area contributed by atoms with Gasteiger partial charge < -0.3 is 9.53 Å². The molecular weight excluding hydrogens is 104 g/mol. The summed E-state index contributed by atoms with van der Waals surface area (Å²) in [5, 5.41) is 0. The topological polar surface area (TPSA) is 26.3 Å². The van der Waals surface area contributed by atoms with Crippen LogP contribution in [0.2, 0.25) is 0 Å². The van der Waals surface area contributed by atoms with Crippen LogP contribution >= 0.6 is 0 Å². The van der Waals surface area contributed by atoms with E-state index < -0.39 is 0 Å². The highest BCUT2D eigenvalue weighted by atomic mass is 16.5. The van der Waals surface area contributed by atoms with E-state index in [9.17, 15) is 4.79 Å². The van der Waals surface area contributed by atoms with E-state index in [-0.39, 0.29) is 5.92 Å². The maximum absolute atomic E-state index is 9.90. The second kappa shape index (κ2) is 4.35. The fraction of sp³-hybridized carbons (Fsp3) is 0.500. The monoisotopic (exact) mass is 112 g/mol. The van der Waals surface area contributed by atoms with Gasteiger partial charge in [0.15, 0.2) is 0 Å². The Hall–Kier alpha value is -0.810. The molecule has 0 aliphatic heterocycles. The summed E-state index contributed by atoms with van der Waals surface area (Å²) in [5.41, 5.74) is 0. The number of rotatable bonds is 3. The number of hydrogen-bond acceptors (Lipinski definition) is 2. The molecule has 0 bridgehead atoms. The van der Waals surface area contributed by atoms with Crippen LogP contribution in [0, 0.1) is 18.3 Å². The molecule has 0 spiro atoms. The van der Waals surface area contributed by atoms with Gasteiger partial charge in [0, 0.05) is 7.11 Å². The Bertz CT molecular complexity index is 102. The number of terminal acetylenes is 1. The molecule has 0 amide bonds. The first-order chi connectivity index (χ1) is 3.85. The molecule has 0 saturated carbocycles. The van der Waals surface area contributed by atoms with Crippen molar-refractivity contribution < 1.29 is 9.53 Å². The van der Waals surface area contributed by atoms with Crippen LogP contribution in [0.3, 0.4) is 0 Å². The Kier molecular flexibility index (Phi) is 3.91. The predicted octanol–water partition coefficient (Wildman–Crippen LogP) is 0.0811. The number of carbonyl (C=O) groups is 1. The van der Waals surface area contributed by atoms with Crippen molar-refractivity contribution >= 4 is 6.29 Å². The van der Waals surface area contributed by atoms with E-state index in [1.165, 1.54) is 7.11 Å². The van der Waals surface area contributed by atoms with Gasteiger partial charge in [0.05, 0.1) is 12.5 Å². The highest BCUT2D eigenvalue weighted by Gasteiger charge is 1.98. The van der Waals surface area contributed by atoms with E-state index in [0.717, 1.165) is 0 Å². The van der Waals surface area contributed by atoms with E-state index in [1.807, 2.05) is 0 Å². The second-order valence-electron chi connectivity index (χ2n) is 1.36. The molecule has 2 heteroatoms. The lowest BCUT2D eigenvalue weighted by molar-refractivity contribution is -0.110. The molecule has 44 valence electrons. The van der Waals surface area contributed by atoms with Gasteiger partial charge in [-0.1, -0.05) is 5.92 Å². The van der Waals surface area contributed by atoms with Gasteiger partial charge in [-0.25, -0.2) is 0 Å². The van der Waals surface area contributed by atoms with Crippen LogP contribution in [-0.4, -0.2) is 20.0 Å². The molecule has 0 aromatic heterocycles. The minimum absolute atomic E-state index is 0.319. The highest BCUT2D eigenvalue weighted by Crippen LogP contribution is 1.86. The van der Waals surface area contributed by atoms with Crippen LogP contribution in [0.5, 0.6) is 0 Å². The maximum Gasteiger partial charge on any atom is 0.137 e. The molecule has 0 aliphatic rings. The van der Waals surface area contributed by atoms with Crippen molar-refractivity contribution in [3.8, 4) is 12.3 Å². The quantitative estimate of drug-likeness (QED) is 0.382. The Balaban J connectivity index is 3.40. The molecular formula is C6H8O2. The summed E-state index contributed by atoms with van der Waals surface area (Å²) in [7, 11) is 1.51. The van der Waals surface area contributed by atoms with Gasteiger partial charge in [0.2, 0.25) is 0 Å². The first-order valence-corrected chi connectivity index (χ1v) is 2.25. The van der Waals surface area contributed by atoms with Crippen molar-refractivity contribution in [3.05, 3.63) is 0 Å². The third kappa shape index (κ3) is 2.38. The maximum atomic E-state index is 9.90. The normalized spacial score (nSPS) is 12.0.